The third-order valence-electron chi connectivity index (χ3n) is 3.22. The molecule has 0 saturated carbocycles. The minimum absolute atomic E-state index is 0.137. The SMILES string of the molecule is O=C(O)CCCCNC(=O)c1ccc(Cn2cccn2)cc1. The van der Waals surface area contributed by atoms with Crippen LogP contribution in [0.1, 0.15) is 35.2 Å². The van der Waals surface area contributed by atoms with Crippen molar-refractivity contribution in [1.82, 2.24) is 15.1 Å². The molecule has 6 nitrogen and oxygen atoms in total. The molecular formula is C16H19N3O3. The highest BCUT2D eigenvalue weighted by molar-refractivity contribution is 5.94. The first kappa shape index (κ1) is 15.8. The maximum Gasteiger partial charge on any atom is 0.303 e. The molecular weight excluding hydrogens is 282 g/mol. The number of carbonyl (C=O) groups excluding carboxylic acids is 1. The molecule has 22 heavy (non-hydrogen) atoms. The predicted molar refractivity (Wildman–Crippen MR) is 81.6 cm³/mol. The molecule has 0 atom stereocenters. The number of hydrogen-bond acceptors (Lipinski definition) is 3. The maximum atomic E-state index is 11.9. The number of carboxylic acids is 1. The lowest BCUT2D eigenvalue weighted by Crippen LogP contribution is -2.24. The molecule has 2 aromatic rings. The Balaban J connectivity index is 1.77. The Labute approximate surface area is 128 Å². The third kappa shape index (κ3) is 5.05. The van der Waals surface area contributed by atoms with E-state index < -0.39 is 5.97 Å². The molecule has 0 saturated heterocycles. The molecule has 1 aromatic carbocycles. The Bertz CT molecular complexity index is 606. The summed E-state index contributed by atoms with van der Waals surface area (Å²) in [5.74, 6) is -0.944. The normalized spacial score (nSPS) is 10.4. The molecule has 1 heterocycles. The summed E-state index contributed by atoms with van der Waals surface area (Å²) in [4.78, 5) is 22.3. The predicted octanol–water partition coefficient (Wildman–Crippen LogP) is 1.92. The summed E-state index contributed by atoms with van der Waals surface area (Å²) in [5, 5.41) is 15.4. The number of benzene rings is 1. The van der Waals surface area contributed by atoms with Gasteiger partial charge >= 0.3 is 5.97 Å². The number of carboxylic acid groups (broad SMARTS) is 1. The highest BCUT2D eigenvalue weighted by atomic mass is 16.4. The molecule has 0 unspecified atom stereocenters. The lowest BCUT2D eigenvalue weighted by Gasteiger charge is -2.06. The van der Waals surface area contributed by atoms with Crippen molar-refractivity contribution in [3.63, 3.8) is 0 Å². The second-order valence-corrected chi connectivity index (χ2v) is 5.01. The van der Waals surface area contributed by atoms with Gasteiger partial charge in [0.15, 0.2) is 0 Å². The molecule has 0 radical (unpaired) electrons. The molecule has 0 fully saturated rings. The van der Waals surface area contributed by atoms with Crippen LogP contribution >= 0.6 is 0 Å². The van der Waals surface area contributed by atoms with Gasteiger partial charge in [-0.25, -0.2) is 0 Å². The van der Waals surface area contributed by atoms with E-state index in [9.17, 15) is 9.59 Å². The fraction of sp³-hybridized carbons (Fsp3) is 0.312. The zero-order valence-corrected chi connectivity index (χ0v) is 12.2. The van der Waals surface area contributed by atoms with Gasteiger partial charge in [0.1, 0.15) is 0 Å². The van der Waals surface area contributed by atoms with Crippen molar-refractivity contribution in [2.75, 3.05) is 6.54 Å². The summed E-state index contributed by atoms with van der Waals surface area (Å²) in [6.45, 7) is 1.16. The van der Waals surface area contributed by atoms with Crippen LogP contribution in [0.3, 0.4) is 0 Å². The van der Waals surface area contributed by atoms with E-state index in [0.717, 1.165) is 5.56 Å². The number of unbranched alkanes of at least 4 members (excludes halogenated alkanes) is 1. The van der Waals surface area contributed by atoms with Gasteiger partial charge in [-0.2, -0.15) is 5.10 Å². The first-order chi connectivity index (χ1) is 10.6. The number of amides is 1. The lowest BCUT2D eigenvalue weighted by molar-refractivity contribution is -0.137. The van der Waals surface area contributed by atoms with Crippen LogP contribution in [-0.4, -0.2) is 33.3 Å². The summed E-state index contributed by atoms with van der Waals surface area (Å²) < 4.78 is 1.82. The van der Waals surface area contributed by atoms with Gasteiger partial charge in [0.2, 0.25) is 0 Å². The van der Waals surface area contributed by atoms with Gasteiger partial charge in [0, 0.05) is 30.9 Å². The molecule has 6 heteroatoms. The summed E-state index contributed by atoms with van der Waals surface area (Å²) in [6.07, 6.45) is 4.98. The Hall–Kier alpha value is -2.63. The Morgan fingerprint density at radius 3 is 2.59 bits per heavy atom. The molecule has 2 N–H and O–H groups in total. The van der Waals surface area contributed by atoms with Crippen molar-refractivity contribution in [3.8, 4) is 0 Å². The van der Waals surface area contributed by atoms with Gasteiger partial charge in [-0.05, 0) is 36.6 Å². The van der Waals surface area contributed by atoms with Crippen molar-refractivity contribution in [2.45, 2.75) is 25.8 Å². The number of rotatable bonds is 8. The summed E-state index contributed by atoms with van der Waals surface area (Å²) in [6, 6.07) is 9.24. The number of aromatic nitrogens is 2. The van der Waals surface area contributed by atoms with E-state index in [1.165, 1.54) is 0 Å². The third-order valence-corrected chi connectivity index (χ3v) is 3.22. The maximum absolute atomic E-state index is 11.9. The highest BCUT2D eigenvalue weighted by Gasteiger charge is 2.05. The average Bonchev–Trinajstić information content (AvgIpc) is 3.00. The molecule has 0 aliphatic rings. The van der Waals surface area contributed by atoms with Crippen LogP contribution in [0.2, 0.25) is 0 Å². The van der Waals surface area contributed by atoms with Crippen LogP contribution in [0.4, 0.5) is 0 Å². The van der Waals surface area contributed by atoms with E-state index in [1.807, 2.05) is 29.1 Å². The second kappa shape index (κ2) is 7.97. The number of hydrogen-bond donors (Lipinski definition) is 2. The molecule has 1 amide bonds. The zero-order valence-electron chi connectivity index (χ0n) is 12.2. The molecule has 0 bridgehead atoms. The smallest absolute Gasteiger partial charge is 0.303 e. The minimum Gasteiger partial charge on any atom is -0.481 e. The van der Waals surface area contributed by atoms with Crippen LogP contribution in [0, 0.1) is 0 Å². The average molecular weight is 301 g/mol. The van der Waals surface area contributed by atoms with Gasteiger partial charge in [0.05, 0.1) is 6.54 Å². The molecule has 1 aromatic heterocycles. The summed E-state index contributed by atoms with van der Waals surface area (Å²) >= 11 is 0. The first-order valence-corrected chi connectivity index (χ1v) is 7.21. The Kier molecular flexibility index (Phi) is 5.71. The van der Waals surface area contributed by atoms with Crippen molar-refractivity contribution in [3.05, 3.63) is 53.9 Å². The van der Waals surface area contributed by atoms with Crippen molar-refractivity contribution in [2.24, 2.45) is 0 Å². The van der Waals surface area contributed by atoms with Gasteiger partial charge in [0.25, 0.3) is 5.91 Å². The van der Waals surface area contributed by atoms with Crippen LogP contribution in [0.25, 0.3) is 0 Å². The summed E-state index contributed by atoms with van der Waals surface area (Å²) in [7, 11) is 0. The number of carbonyl (C=O) groups is 2. The fourth-order valence-corrected chi connectivity index (χ4v) is 2.05. The molecule has 116 valence electrons. The minimum atomic E-state index is -0.806. The topological polar surface area (TPSA) is 84.2 Å². The largest absolute Gasteiger partial charge is 0.481 e. The molecule has 0 spiro atoms. The van der Waals surface area contributed by atoms with E-state index >= 15 is 0 Å². The van der Waals surface area contributed by atoms with E-state index in [2.05, 4.69) is 10.4 Å². The van der Waals surface area contributed by atoms with E-state index in [4.69, 9.17) is 5.11 Å². The zero-order chi connectivity index (χ0) is 15.8. The lowest BCUT2D eigenvalue weighted by atomic mass is 10.1. The van der Waals surface area contributed by atoms with Crippen molar-refractivity contribution in [1.29, 1.82) is 0 Å². The second-order valence-electron chi connectivity index (χ2n) is 5.01. The number of nitrogens with zero attached hydrogens (tertiary/aromatic N) is 2. The van der Waals surface area contributed by atoms with E-state index in [0.29, 0.717) is 31.5 Å². The van der Waals surface area contributed by atoms with Crippen LogP contribution in [-0.2, 0) is 11.3 Å². The Morgan fingerprint density at radius 2 is 1.95 bits per heavy atom. The number of nitrogens with one attached hydrogen (secondary N) is 1. The fourth-order valence-electron chi connectivity index (χ4n) is 2.05. The van der Waals surface area contributed by atoms with E-state index in [1.54, 1.807) is 18.3 Å². The van der Waals surface area contributed by atoms with Gasteiger partial charge in [-0.15, -0.1) is 0 Å². The summed E-state index contributed by atoms with van der Waals surface area (Å²) in [5.41, 5.74) is 1.67. The quantitative estimate of drug-likeness (QED) is 0.730. The van der Waals surface area contributed by atoms with Crippen LogP contribution < -0.4 is 5.32 Å². The Morgan fingerprint density at radius 1 is 1.18 bits per heavy atom. The molecule has 0 aliphatic carbocycles. The molecule has 0 aliphatic heterocycles. The standard InChI is InChI=1S/C16H19N3O3/c20-15(21)4-1-2-9-17-16(22)14-7-5-13(6-8-14)12-19-11-3-10-18-19/h3,5-8,10-11H,1-2,4,9,12H2,(H,17,22)(H,20,21). The van der Waals surface area contributed by atoms with Crippen molar-refractivity contribution < 1.29 is 14.7 Å². The van der Waals surface area contributed by atoms with Crippen LogP contribution in [0.5, 0.6) is 0 Å². The highest BCUT2D eigenvalue weighted by Crippen LogP contribution is 2.06. The van der Waals surface area contributed by atoms with Gasteiger partial charge < -0.3 is 10.4 Å². The first-order valence-electron chi connectivity index (χ1n) is 7.21. The van der Waals surface area contributed by atoms with Gasteiger partial charge in [-0.3, -0.25) is 14.3 Å². The van der Waals surface area contributed by atoms with Crippen molar-refractivity contribution >= 4 is 11.9 Å². The van der Waals surface area contributed by atoms with Gasteiger partial charge in [-0.1, -0.05) is 12.1 Å². The molecule has 2 rings (SSSR count). The number of aliphatic carboxylic acids is 1. The monoisotopic (exact) mass is 301 g/mol. The van der Waals surface area contributed by atoms with E-state index in [-0.39, 0.29) is 12.3 Å². The van der Waals surface area contributed by atoms with Crippen LogP contribution in [0.15, 0.2) is 42.7 Å².